The predicted molar refractivity (Wildman–Crippen MR) is 132 cm³/mol. The molecular formula is C25H35N3O4S. The van der Waals surface area contributed by atoms with Gasteiger partial charge in [0.2, 0.25) is 21.8 Å². The maximum Gasteiger partial charge on any atom is 0.244 e. The molecule has 2 rings (SSSR count). The van der Waals surface area contributed by atoms with E-state index in [0.29, 0.717) is 5.69 Å². The normalized spacial score (nSPS) is 12.7. The summed E-state index contributed by atoms with van der Waals surface area (Å²) in [5.74, 6) is -0.762. The summed E-state index contributed by atoms with van der Waals surface area (Å²) in [6, 6.07) is 13.8. The van der Waals surface area contributed by atoms with Gasteiger partial charge in [0.05, 0.1) is 11.9 Å². The molecule has 0 spiro atoms. The fraction of sp³-hybridized carbons (Fsp3) is 0.440. The third-order valence-corrected chi connectivity index (χ3v) is 6.28. The van der Waals surface area contributed by atoms with Gasteiger partial charge in [-0.3, -0.25) is 13.9 Å². The Balaban J connectivity index is 2.38. The molecule has 33 heavy (non-hydrogen) atoms. The van der Waals surface area contributed by atoms with Crippen LogP contribution < -0.4 is 9.62 Å². The van der Waals surface area contributed by atoms with Crippen LogP contribution in [0.25, 0.3) is 0 Å². The highest BCUT2D eigenvalue weighted by Crippen LogP contribution is 2.20. The Morgan fingerprint density at radius 2 is 1.42 bits per heavy atom. The van der Waals surface area contributed by atoms with E-state index in [-0.39, 0.29) is 12.5 Å². The van der Waals surface area contributed by atoms with Crippen molar-refractivity contribution in [3.8, 4) is 0 Å². The van der Waals surface area contributed by atoms with Crippen LogP contribution in [0.2, 0.25) is 0 Å². The summed E-state index contributed by atoms with van der Waals surface area (Å²) in [5, 5.41) is 2.91. The standard InChI is InChI=1S/C25H35N3O4S/c1-18-8-12-21(13-9-18)16-27(20(3)24(30)26-25(4,5)6)23(29)17-28(33(7,31)32)22-14-10-19(2)11-15-22/h8-15,20H,16-17H2,1-7H3,(H,26,30)/t20-/m0/s1. The number of nitrogens with one attached hydrogen (secondary N) is 1. The van der Waals surface area contributed by atoms with E-state index in [9.17, 15) is 18.0 Å². The first-order valence-electron chi connectivity index (χ1n) is 10.9. The van der Waals surface area contributed by atoms with Crippen LogP contribution in [0.5, 0.6) is 0 Å². The molecule has 0 aliphatic rings. The molecule has 0 aliphatic heterocycles. The zero-order chi connectivity index (χ0) is 25.0. The summed E-state index contributed by atoms with van der Waals surface area (Å²) in [6.45, 7) is 10.9. The number of carbonyl (C=O) groups excluding carboxylic acids is 2. The maximum atomic E-state index is 13.5. The molecule has 180 valence electrons. The lowest BCUT2D eigenvalue weighted by atomic mass is 10.1. The molecule has 1 atom stereocenters. The summed E-state index contributed by atoms with van der Waals surface area (Å²) in [7, 11) is -3.73. The average molecular weight is 474 g/mol. The topological polar surface area (TPSA) is 86.8 Å². The Hall–Kier alpha value is -2.87. The van der Waals surface area contributed by atoms with Crippen molar-refractivity contribution in [1.82, 2.24) is 10.2 Å². The van der Waals surface area contributed by atoms with Gasteiger partial charge in [0.25, 0.3) is 0 Å². The van der Waals surface area contributed by atoms with Gasteiger partial charge in [0, 0.05) is 12.1 Å². The lowest BCUT2D eigenvalue weighted by Gasteiger charge is -2.33. The third kappa shape index (κ3) is 7.89. The largest absolute Gasteiger partial charge is 0.350 e. The molecule has 0 aliphatic carbocycles. The molecule has 2 aromatic rings. The number of anilines is 1. The predicted octanol–water partition coefficient (Wildman–Crippen LogP) is 3.40. The first-order valence-corrected chi connectivity index (χ1v) is 12.7. The zero-order valence-electron chi connectivity index (χ0n) is 20.5. The SMILES string of the molecule is Cc1ccc(CN(C(=O)CN(c2ccc(C)cc2)S(C)(=O)=O)[C@@H](C)C(=O)NC(C)(C)C)cc1. The van der Waals surface area contributed by atoms with Gasteiger partial charge in [0.15, 0.2) is 0 Å². The Morgan fingerprint density at radius 3 is 1.88 bits per heavy atom. The summed E-state index contributed by atoms with van der Waals surface area (Å²) in [6.07, 6.45) is 1.07. The molecule has 0 saturated heterocycles. The van der Waals surface area contributed by atoms with Crippen LogP contribution in [0.4, 0.5) is 5.69 Å². The molecule has 1 N–H and O–H groups in total. The molecular weight excluding hydrogens is 438 g/mol. The second-order valence-electron chi connectivity index (χ2n) is 9.53. The van der Waals surface area contributed by atoms with Gasteiger partial charge in [-0.25, -0.2) is 8.42 Å². The zero-order valence-corrected chi connectivity index (χ0v) is 21.4. The van der Waals surface area contributed by atoms with Crippen LogP contribution in [0.3, 0.4) is 0 Å². The van der Waals surface area contributed by atoms with Gasteiger partial charge in [-0.15, -0.1) is 0 Å². The van der Waals surface area contributed by atoms with Crippen molar-refractivity contribution in [2.24, 2.45) is 0 Å². The van der Waals surface area contributed by atoms with Crippen LogP contribution in [0.1, 0.15) is 44.4 Å². The van der Waals surface area contributed by atoms with Gasteiger partial charge in [0.1, 0.15) is 12.6 Å². The molecule has 0 bridgehead atoms. The third-order valence-electron chi connectivity index (χ3n) is 5.14. The number of rotatable bonds is 8. The van der Waals surface area contributed by atoms with E-state index in [4.69, 9.17) is 0 Å². The second-order valence-corrected chi connectivity index (χ2v) is 11.4. The van der Waals surface area contributed by atoms with Crippen LogP contribution >= 0.6 is 0 Å². The Bertz CT molecular complexity index is 1070. The summed E-state index contributed by atoms with van der Waals surface area (Å²) in [5.41, 5.74) is 2.85. The highest BCUT2D eigenvalue weighted by molar-refractivity contribution is 7.92. The molecule has 7 nitrogen and oxygen atoms in total. The van der Waals surface area contributed by atoms with E-state index >= 15 is 0 Å². The number of amides is 2. The highest BCUT2D eigenvalue weighted by atomic mass is 32.2. The van der Waals surface area contributed by atoms with Crippen LogP contribution in [0.15, 0.2) is 48.5 Å². The number of aryl methyl sites for hydroxylation is 2. The maximum absolute atomic E-state index is 13.5. The quantitative estimate of drug-likeness (QED) is 0.637. The van der Waals surface area contributed by atoms with E-state index in [1.165, 1.54) is 4.90 Å². The van der Waals surface area contributed by atoms with Gasteiger partial charge < -0.3 is 10.2 Å². The van der Waals surface area contributed by atoms with Crippen molar-refractivity contribution in [2.75, 3.05) is 17.1 Å². The van der Waals surface area contributed by atoms with E-state index in [1.54, 1.807) is 31.2 Å². The lowest BCUT2D eigenvalue weighted by Crippen LogP contribution is -2.54. The molecule has 2 amide bonds. The van der Waals surface area contributed by atoms with Crippen LogP contribution in [0, 0.1) is 13.8 Å². The number of carbonyl (C=O) groups is 2. The lowest BCUT2D eigenvalue weighted by molar-refractivity contribution is -0.140. The van der Waals surface area contributed by atoms with E-state index in [2.05, 4.69) is 5.32 Å². The fourth-order valence-corrected chi connectivity index (χ4v) is 4.12. The number of benzene rings is 2. The van der Waals surface area contributed by atoms with Crippen LogP contribution in [-0.2, 0) is 26.2 Å². The minimum atomic E-state index is -3.73. The second kappa shape index (κ2) is 10.4. The molecule has 0 fully saturated rings. The van der Waals surface area contributed by atoms with E-state index < -0.39 is 34.1 Å². The molecule has 0 heterocycles. The molecule has 2 aromatic carbocycles. The summed E-state index contributed by atoms with van der Waals surface area (Å²) >= 11 is 0. The Morgan fingerprint density at radius 1 is 0.939 bits per heavy atom. The monoisotopic (exact) mass is 473 g/mol. The minimum Gasteiger partial charge on any atom is -0.350 e. The van der Waals surface area contributed by atoms with Gasteiger partial charge >= 0.3 is 0 Å². The minimum absolute atomic E-state index is 0.184. The van der Waals surface area contributed by atoms with Crippen molar-refractivity contribution in [3.63, 3.8) is 0 Å². The average Bonchev–Trinajstić information content (AvgIpc) is 2.69. The van der Waals surface area contributed by atoms with Gasteiger partial charge in [-0.1, -0.05) is 47.5 Å². The van der Waals surface area contributed by atoms with Crippen molar-refractivity contribution >= 4 is 27.5 Å². The molecule has 0 saturated carbocycles. The molecule has 0 unspecified atom stereocenters. The Labute approximate surface area is 197 Å². The van der Waals surface area contributed by atoms with E-state index in [1.807, 2.05) is 58.9 Å². The number of nitrogens with zero attached hydrogens (tertiary/aromatic N) is 2. The van der Waals surface area contributed by atoms with Gasteiger partial charge in [-0.2, -0.15) is 0 Å². The first kappa shape index (κ1) is 26.4. The van der Waals surface area contributed by atoms with Crippen molar-refractivity contribution < 1.29 is 18.0 Å². The fourth-order valence-electron chi connectivity index (χ4n) is 3.27. The first-order chi connectivity index (χ1) is 15.2. The summed E-state index contributed by atoms with van der Waals surface area (Å²) < 4.78 is 26.2. The highest BCUT2D eigenvalue weighted by Gasteiger charge is 2.31. The smallest absolute Gasteiger partial charge is 0.244 e. The number of hydrogen-bond acceptors (Lipinski definition) is 4. The van der Waals surface area contributed by atoms with Crippen molar-refractivity contribution in [3.05, 3.63) is 65.2 Å². The molecule has 0 radical (unpaired) electrons. The molecule has 0 aromatic heterocycles. The summed E-state index contributed by atoms with van der Waals surface area (Å²) in [4.78, 5) is 27.8. The van der Waals surface area contributed by atoms with Gasteiger partial charge in [-0.05, 0) is 59.2 Å². The van der Waals surface area contributed by atoms with Crippen LogP contribution in [-0.4, -0.2) is 49.5 Å². The van der Waals surface area contributed by atoms with Crippen molar-refractivity contribution in [2.45, 2.75) is 59.7 Å². The number of sulfonamides is 1. The van der Waals surface area contributed by atoms with Crippen molar-refractivity contribution in [1.29, 1.82) is 0 Å². The number of hydrogen-bond donors (Lipinski definition) is 1. The Kier molecular flexibility index (Phi) is 8.30. The molecule has 8 heteroatoms. The van der Waals surface area contributed by atoms with E-state index in [0.717, 1.165) is 27.3 Å².